The van der Waals surface area contributed by atoms with Gasteiger partial charge >= 0.3 is 0 Å². The quantitative estimate of drug-likeness (QED) is 0.609. The van der Waals surface area contributed by atoms with Crippen LogP contribution < -0.4 is 5.32 Å². The number of fused-ring (bicyclic) bond motifs is 4. The first-order valence-corrected chi connectivity index (χ1v) is 12.2. The Morgan fingerprint density at radius 2 is 1.97 bits per heavy atom. The Morgan fingerprint density at radius 1 is 1.12 bits per heavy atom. The molecule has 5 rings (SSSR count). The van der Waals surface area contributed by atoms with Crippen LogP contribution in [0.1, 0.15) is 67.4 Å². The topological polar surface area (TPSA) is 61.1 Å². The van der Waals surface area contributed by atoms with Gasteiger partial charge in [-0.1, -0.05) is 18.2 Å². The number of ether oxygens (including phenoxy) is 1. The van der Waals surface area contributed by atoms with Gasteiger partial charge in [0.25, 0.3) is 0 Å². The first kappa shape index (κ1) is 21.3. The van der Waals surface area contributed by atoms with Gasteiger partial charge in [-0.3, -0.25) is 9.48 Å². The van der Waals surface area contributed by atoms with Gasteiger partial charge in [0.1, 0.15) is 0 Å². The summed E-state index contributed by atoms with van der Waals surface area (Å²) in [5.41, 5.74) is 7.81. The summed E-state index contributed by atoms with van der Waals surface area (Å²) < 4.78 is 10.2. The maximum atomic E-state index is 12.7. The Kier molecular flexibility index (Phi) is 6.05. The van der Waals surface area contributed by atoms with E-state index in [-0.39, 0.29) is 5.91 Å². The zero-order valence-electron chi connectivity index (χ0n) is 19.3. The molecule has 1 amide bonds. The maximum absolute atomic E-state index is 12.7. The highest BCUT2D eigenvalue weighted by molar-refractivity contribution is 5.86. The molecule has 0 atom stereocenters. The number of amides is 1. The van der Waals surface area contributed by atoms with Gasteiger partial charge in [-0.15, -0.1) is 0 Å². The molecule has 0 unspecified atom stereocenters. The number of carbonyl (C=O) groups is 1. The molecule has 2 aromatic heterocycles. The third-order valence-corrected chi connectivity index (χ3v) is 6.95. The van der Waals surface area contributed by atoms with Gasteiger partial charge in [-0.05, 0) is 51.2 Å². The van der Waals surface area contributed by atoms with E-state index in [0.717, 1.165) is 44.5 Å². The van der Waals surface area contributed by atoms with Crippen molar-refractivity contribution in [3.63, 3.8) is 0 Å². The van der Waals surface area contributed by atoms with Crippen LogP contribution in [0.25, 0.3) is 10.9 Å². The van der Waals surface area contributed by atoms with E-state index in [0.29, 0.717) is 25.6 Å². The zero-order chi connectivity index (χ0) is 22.1. The van der Waals surface area contributed by atoms with E-state index in [9.17, 15) is 4.79 Å². The molecule has 6 heteroatoms. The lowest BCUT2D eigenvalue weighted by atomic mass is 9.95. The molecule has 0 spiro atoms. The zero-order valence-corrected chi connectivity index (χ0v) is 19.3. The van der Waals surface area contributed by atoms with Crippen molar-refractivity contribution in [2.75, 3.05) is 13.2 Å². The number of hydrogen-bond acceptors (Lipinski definition) is 3. The molecule has 0 fully saturated rings. The fourth-order valence-electron chi connectivity index (χ4n) is 5.42. The fraction of sp³-hybridized carbons (Fsp3) is 0.538. The Labute approximate surface area is 189 Å². The summed E-state index contributed by atoms with van der Waals surface area (Å²) in [4.78, 5) is 12.7. The molecule has 0 radical (unpaired) electrons. The third-order valence-electron chi connectivity index (χ3n) is 6.95. The lowest BCUT2D eigenvalue weighted by Gasteiger charge is -2.17. The number of aromatic nitrogens is 3. The van der Waals surface area contributed by atoms with Crippen molar-refractivity contribution in [3.8, 4) is 0 Å². The summed E-state index contributed by atoms with van der Waals surface area (Å²) in [5, 5.41) is 9.33. The van der Waals surface area contributed by atoms with E-state index in [1.807, 2.05) is 0 Å². The number of carbonyl (C=O) groups excluding carboxylic acids is 1. The molecule has 3 aromatic rings. The minimum atomic E-state index is 0.112. The van der Waals surface area contributed by atoms with Crippen LogP contribution in [-0.4, -0.2) is 33.4 Å². The van der Waals surface area contributed by atoms with Crippen molar-refractivity contribution in [2.45, 2.75) is 78.0 Å². The second-order valence-electron chi connectivity index (χ2n) is 9.36. The standard InChI is InChI=1S/C26H34N4O2/c1-18(2)30-25-13-16-32-17-21(25)22(28-30)11-14-27-26(31)12-15-29-23-9-5-3-7-19(23)20-8-4-6-10-24(20)29/h3,5,7,9,18H,4,6,8,10-17H2,1-2H3,(H,27,31). The number of nitrogens with zero attached hydrogens (tertiary/aromatic N) is 3. The molecule has 32 heavy (non-hydrogen) atoms. The molecule has 0 saturated carbocycles. The molecule has 1 N–H and O–H groups in total. The van der Waals surface area contributed by atoms with Gasteiger partial charge in [-0.2, -0.15) is 5.10 Å². The van der Waals surface area contributed by atoms with E-state index >= 15 is 0 Å². The van der Waals surface area contributed by atoms with Crippen LogP contribution in [0.5, 0.6) is 0 Å². The average Bonchev–Trinajstić information content (AvgIpc) is 3.34. The van der Waals surface area contributed by atoms with E-state index in [1.54, 1.807) is 0 Å². The normalized spacial score (nSPS) is 15.7. The van der Waals surface area contributed by atoms with Gasteiger partial charge in [0.05, 0.1) is 18.9 Å². The van der Waals surface area contributed by atoms with Crippen molar-refractivity contribution in [2.24, 2.45) is 0 Å². The minimum Gasteiger partial charge on any atom is -0.376 e. The monoisotopic (exact) mass is 434 g/mol. The summed E-state index contributed by atoms with van der Waals surface area (Å²) in [5.74, 6) is 0.112. The highest BCUT2D eigenvalue weighted by Crippen LogP contribution is 2.32. The molecular weight excluding hydrogens is 400 g/mol. The smallest absolute Gasteiger partial charge is 0.221 e. The first-order chi connectivity index (χ1) is 15.6. The van der Waals surface area contributed by atoms with E-state index in [1.165, 1.54) is 46.3 Å². The molecule has 2 aliphatic rings. The second kappa shape index (κ2) is 9.10. The SMILES string of the molecule is CC(C)n1nc(CCNC(=O)CCn2c3c(c4ccccc42)CCCC3)c2c1CCOC2. The Balaban J connectivity index is 1.21. The number of nitrogens with one attached hydrogen (secondary N) is 1. The lowest BCUT2D eigenvalue weighted by molar-refractivity contribution is -0.121. The van der Waals surface area contributed by atoms with Crippen LogP contribution in [0.4, 0.5) is 0 Å². The van der Waals surface area contributed by atoms with Gasteiger partial charge < -0.3 is 14.6 Å². The molecule has 0 bridgehead atoms. The second-order valence-corrected chi connectivity index (χ2v) is 9.36. The number of para-hydroxylation sites is 1. The largest absolute Gasteiger partial charge is 0.376 e. The third kappa shape index (κ3) is 3.96. The summed E-state index contributed by atoms with van der Waals surface area (Å²) in [6, 6.07) is 9.00. The summed E-state index contributed by atoms with van der Waals surface area (Å²) in [6.07, 6.45) is 6.96. The molecule has 3 heterocycles. The molecule has 1 aromatic carbocycles. The van der Waals surface area contributed by atoms with Crippen molar-refractivity contribution in [3.05, 3.63) is 52.5 Å². The predicted octanol–water partition coefficient (Wildman–Crippen LogP) is 4.12. The van der Waals surface area contributed by atoms with Gasteiger partial charge in [0.15, 0.2) is 0 Å². The van der Waals surface area contributed by atoms with Crippen molar-refractivity contribution < 1.29 is 9.53 Å². The first-order valence-electron chi connectivity index (χ1n) is 12.2. The summed E-state index contributed by atoms with van der Waals surface area (Å²) >= 11 is 0. The van der Waals surface area contributed by atoms with Crippen molar-refractivity contribution in [1.82, 2.24) is 19.7 Å². The number of aryl methyl sites for hydroxylation is 2. The van der Waals surface area contributed by atoms with Gasteiger partial charge in [0.2, 0.25) is 5.91 Å². The van der Waals surface area contributed by atoms with Crippen molar-refractivity contribution in [1.29, 1.82) is 0 Å². The molecule has 1 aliphatic carbocycles. The molecule has 170 valence electrons. The number of rotatable bonds is 7. The number of hydrogen-bond donors (Lipinski definition) is 1. The van der Waals surface area contributed by atoms with Crippen LogP contribution in [0.3, 0.4) is 0 Å². The summed E-state index contributed by atoms with van der Waals surface area (Å²) in [6.45, 7) is 7.09. The highest BCUT2D eigenvalue weighted by Gasteiger charge is 2.23. The Morgan fingerprint density at radius 3 is 2.84 bits per heavy atom. The molecule has 1 aliphatic heterocycles. The van der Waals surface area contributed by atoms with E-state index in [2.05, 4.69) is 52.7 Å². The van der Waals surface area contributed by atoms with Gasteiger partial charge in [-0.25, -0.2) is 0 Å². The van der Waals surface area contributed by atoms with Crippen molar-refractivity contribution >= 4 is 16.8 Å². The fourth-order valence-corrected chi connectivity index (χ4v) is 5.42. The minimum absolute atomic E-state index is 0.112. The molecule has 6 nitrogen and oxygen atoms in total. The molecular formula is C26H34N4O2. The van der Waals surface area contributed by atoms with Gasteiger partial charge in [0, 0.05) is 66.2 Å². The predicted molar refractivity (Wildman–Crippen MR) is 126 cm³/mol. The lowest BCUT2D eigenvalue weighted by Crippen LogP contribution is -2.27. The average molecular weight is 435 g/mol. The Bertz CT molecular complexity index is 1120. The molecule has 0 saturated heterocycles. The summed E-state index contributed by atoms with van der Waals surface area (Å²) in [7, 11) is 0. The Hall–Kier alpha value is -2.60. The van der Waals surface area contributed by atoms with Crippen LogP contribution in [0, 0.1) is 0 Å². The van der Waals surface area contributed by atoms with Crippen LogP contribution in [0.2, 0.25) is 0 Å². The number of benzene rings is 1. The van der Waals surface area contributed by atoms with E-state index in [4.69, 9.17) is 9.84 Å². The van der Waals surface area contributed by atoms with E-state index < -0.39 is 0 Å². The van der Waals surface area contributed by atoms with Crippen LogP contribution in [0.15, 0.2) is 24.3 Å². The van der Waals surface area contributed by atoms with Crippen LogP contribution in [-0.2, 0) is 48.4 Å². The van der Waals surface area contributed by atoms with Crippen LogP contribution >= 0.6 is 0 Å². The highest BCUT2D eigenvalue weighted by atomic mass is 16.5. The maximum Gasteiger partial charge on any atom is 0.221 e.